The Hall–Kier alpha value is -2.57. The summed E-state index contributed by atoms with van der Waals surface area (Å²) in [7, 11) is 0. The molecule has 3 rings (SSSR count). The molecule has 6 nitrogen and oxygen atoms in total. The van der Waals surface area contributed by atoms with Gasteiger partial charge in [0.05, 0.1) is 6.42 Å². The molecular weight excluding hydrogens is 389 g/mol. The highest BCUT2D eigenvalue weighted by atomic mass is 35.5. The number of nitrogens with zero attached hydrogens (tertiary/aromatic N) is 1. The molecule has 0 saturated heterocycles. The van der Waals surface area contributed by atoms with Crippen LogP contribution in [0.5, 0.6) is 0 Å². The number of nitrogens with one attached hydrogen (secondary N) is 2. The predicted molar refractivity (Wildman–Crippen MR) is 106 cm³/mol. The van der Waals surface area contributed by atoms with E-state index < -0.39 is 6.09 Å². The highest BCUT2D eigenvalue weighted by molar-refractivity contribution is 6.36. The highest BCUT2D eigenvalue weighted by Gasteiger charge is 2.15. The first kappa shape index (κ1) is 19.2. The fraction of sp³-hybridized carbons (Fsp3) is 0.211. The van der Waals surface area contributed by atoms with Crippen molar-refractivity contribution in [3.05, 3.63) is 63.1 Å². The molecule has 2 aromatic carbocycles. The number of aryl methyl sites for hydroxylation is 1. The van der Waals surface area contributed by atoms with Crippen LogP contribution in [0.2, 0.25) is 10.0 Å². The van der Waals surface area contributed by atoms with Crippen molar-refractivity contribution < 1.29 is 14.3 Å². The molecule has 0 aromatic heterocycles. The van der Waals surface area contributed by atoms with E-state index in [4.69, 9.17) is 27.9 Å². The monoisotopic (exact) mass is 405 g/mol. The van der Waals surface area contributed by atoms with Gasteiger partial charge in [-0.25, -0.2) is 10.2 Å². The molecule has 1 heterocycles. The van der Waals surface area contributed by atoms with Crippen molar-refractivity contribution in [1.82, 2.24) is 5.43 Å². The number of amides is 2. The van der Waals surface area contributed by atoms with E-state index >= 15 is 0 Å². The molecule has 8 heteroatoms. The average molecular weight is 406 g/mol. The Kier molecular flexibility index (Phi) is 5.98. The fourth-order valence-electron chi connectivity index (χ4n) is 2.60. The van der Waals surface area contributed by atoms with Gasteiger partial charge in [-0.05, 0) is 41.8 Å². The Morgan fingerprint density at radius 2 is 1.89 bits per heavy atom. The van der Waals surface area contributed by atoms with Gasteiger partial charge >= 0.3 is 6.09 Å². The molecule has 0 bridgehead atoms. The number of hydrogen-bond acceptors (Lipinski definition) is 4. The van der Waals surface area contributed by atoms with Crippen LogP contribution in [0.25, 0.3) is 0 Å². The number of carbonyl (C=O) groups is 2. The van der Waals surface area contributed by atoms with Crippen LogP contribution in [0, 0.1) is 0 Å². The minimum Gasteiger partial charge on any atom is -0.442 e. The molecule has 0 saturated carbocycles. The number of ether oxygens (including phenoxy) is 1. The molecule has 0 spiro atoms. The van der Waals surface area contributed by atoms with E-state index in [1.807, 2.05) is 19.1 Å². The van der Waals surface area contributed by atoms with Gasteiger partial charge in [-0.1, -0.05) is 42.3 Å². The van der Waals surface area contributed by atoms with E-state index in [1.54, 1.807) is 24.3 Å². The summed E-state index contributed by atoms with van der Waals surface area (Å²) >= 11 is 12.5. The molecular formula is C19H17Cl2N3O3. The summed E-state index contributed by atoms with van der Waals surface area (Å²) in [4.78, 5) is 23.3. The lowest BCUT2D eigenvalue weighted by Gasteiger charge is -2.14. The molecule has 1 aliphatic rings. The number of anilines is 1. The van der Waals surface area contributed by atoms with Gasteiger partial charge in [-0.2, -0.15) is 5.10 Å². The van der Waals surface area contributed by atoms with Crippen LogP contribution in [-0.4, -0.2) is 24.3 Å². The maximum Gasteiger partial charge on any atom is 0.428 e. The second-order valence-corrected chi connectivity index (χ2v) is 6.75. The SMILES string of the molecule is CCc1cc(Cl)c(CC(=O)Nc2ccc(C3=NNC(=O)OC3)cc2)c(Cl)c1. The topological polar surface area (TPSA) is 79.8 Å². The van der Waals surface area contributed by atoms with E-state index in [9.17, 15) is 9.59 Å². The standard InChI is InChI=1S/C19H17Cl2N3O3/c1-2-11-7-15(20)14(16(21)8-11)9-18(25)22-13-5-3-12(4-6-13)17-10-27-19(26)24-23-17/h3-8H,2,9-10H2,1H3,(H,22,25)(H,24,26). The van der Waals surface area contributed by atoms with E-state index in [1.165, 1.54) is 0 Å². The summed E-state index contributed by atoms with van der Waals surface area (Å²) in [5.41, 5.74) is 5.90. The van der Waals surface area contributed by atoms with E-state index in [-0.39, 0.29) is 18.9 Å². The normalized spacial score (nSPS) is 13.4. The van der Waals surface area contributed by atoms with Crippen LogP contribution in [0.4, 0.5) is 10.5 Å². The third-order valence-corrected chi connectivity index (χ3v) is 4.74. The quantitative estimate of drug-likeness (QED) is 0.782. The lowest BCUT2D eigenvalue weighted by Crippen LogP contribution is -2.30. The number of halogens is 2. The van der Waals surface area contributed by atoms with Gasteiger partial charge in [0.15, 0.2) is 0 Å². The second-order valence-electron chi connectivity index (χ2n) is 5.94. The zero-order valence-corrected chi connectivity index (χ0v) is 16.0. The van der Waals surface area contributed by atoms with Crippen LogP contribution in [0.3, 0.4) is 0 Å². The summed E-state index contributed by atoms with van der Waals surface area (Å²) in [6, 6.07) is 10.7. The van der Waals surface area contributed by atoms with Crippen LogP contribution < -0.4 is 10.7 Å². The Morgan fingerprint density at radius 1 is 1.22 bits per heavy atom. The van der Waals surface area contributed by atoms with Crippen molar-refractivity contribution in [2.45, 2.75) is 19.8 Å². The maximum absolute atomic E-state index is 12.3. The zero-order chi connectivity index (χ0) is 19.4. The average Bonchev–Trinajstić information content (AvgIpc) is 2.66. The molecule has 0 unspecified atom stereocenters. The van der Waals surface area contributed by atoms with Crippen molar-refractivity contribution in [3.8, 4) is 0 Å². The second kappa shape index (κ2) is 8.41. The molecule has 1 aliphatic heterocycles. The molecule has 2 aromatic rings. The smallest absolute Gasteiger partial charge is 0.428 e. The highest BCUT2D eigenvalue weighted by Crippen LogP contribution is 2.27. The number of benzene rings is 2. The molecule has 0 atom stereocenters. The largest absolute Gasteiger partial charge is 0.442 e. The molecule has 2 N–H and O–H groups in total. The van der Waals surface area contributed by atoms with Crippen LogP contribution in [0.15, 0.2) is 41.5 Å². The lowest BCUT2D eigenvalue weighted by molar-refractivity contribution is -0.115. The minimum absolute atomic E-state index is 0.0794. The van der Waals surface area contributed by atoms with Gasteiger partial charge in [0.1, 0.15) is 12.3 Å². The molecule has 2 amide bonds. The Bertz CT molecular complexity index is 888. The van der Waals surface area contributed by atoms with Crippen LogP contribution in [-0.2, 0) is 22.4 Å². The van der Waals surface area contributed by atoms with Crippen molar-refractivity contribution in [1.29, 1.82) is 0 Å². The predicted octanol–water partition coefficient (Wildman–Crippen LogP) is 4.18. The Balaban J connectivity index is 1.66. The first-order valence-electron chi connectivity index (χ1n) is 8.32. The molecule has 0 aliphatic carbocycles. The van der Waals surface area contributed by atoms with Gasteiger partial charge in [0.25, 0.3) is 0 Å². The molecule has 140 valence electrons. The summed E-state index contributed by atoms with van der Waals surface area (Å²) < 4.78 is 4.87. The number of carbonyl (C=O) groups excluding carboxylic acids is 2. The van der Waals surface area contributed by atoms with Crippen molar-refractivity contribution in [2.24, 2.45) is 5.10 Å². The van der Waals surface area contributed by atoms with Gasteiger partial charge in [0, 0.05) is 21.3 Å². The van der Waals surface area contributed by atoms with E-state index in [2.05, 4.69) is 15.8 Å². The van der Waals surface area contributed by atoms with Crippen molar-refractivity contribution in [3.63, 3.8) is 0 Å². The molecule has 0 radical (unpaired) electrons. The summed E-state index contributed by atoms with van der Waals surface area (Å²) in [6.45, 7) is 2.11. The lowest BCUT2D eigenvalue weighted by atomic mass is 10.1. The summed E-state index contributed by atoms with van der Waals surface area (Å²) in [6.07, 6.45) is 0.320. The molecule has 0 fully saturated rings. The summed E-state index contributed by atoms with van der Waals surface area (Å²) in [5, 5.41) is 7.73. The van der Waals surface area contributed by atoms with E-state index in [0.717, 1.165) is 17.5 Å². The Labute approximate surface area is 166 Å². The third kappa shape index (κ3) is 4.78. The first-order valence-corrected chi connectivity index (χ1v) is 9.08. The number of cyclic esters (lactones) is 1. The third-order valence-electron chi connectivity index (χ3n) is 4.07. The van der Waals surface area contributed by atoms with Gasteiger partial charge < -0.3 is 10.1 Å². The fourth-order valence-corrected chi connectivity index (χ4v) is 3.27. The van der Waals surface area contributed by atoms with Gasteiger partial charge in [-0.15, -0.1) is 0 Å². The van der Waals surface area contributed by atoms with Crippen molar-refractivity contribution >= 4 is 46.6 Å². The maximum atomic E-state index is 12.3. The van der Waals surface area contributed by atoms with Gasteiger partial charge in [-0.3, -0.25) is 4.79 Å². The van der Waals surface area contributed by atoms with Crippen LogP contribution in [0.1, 0.15) is 23.6 Å². The van der Waals surface area contributed by atoms with Gasteiger partial charge in [0.2, 0.25) is 5.91 Å². The van der Waals surface area contributed by atoms with Crippen molar-refractivity contribution in [2.75, 3.05) is 11.9 Å². The van der Waals surface area contributed by atoms with E-state index in [0.29, 0.717) is 27.0 Å². The molecule has 27 heavy (non-hydrogen) atoms. The first-order chi connectivity index (χ1) is 13.0. The summed E-state index contributed by atoms with van der Waals surface area (Å²) in [5.74, 6) is -0.221. The number of rotatable bonds is 5. The number of hydrogen-bond donors (Lipinski definition) is 2. The minimum atomic E-state index is -0.577. The number of hydrazone groups is 1. The Morgan fingerprint density at radius 3 is 2.44 bits per heavy atom. The zero-order valence-electron chi connectivity index (χ0n) is 14.5. The van der Waals surface area contributed by atoms with Crippen LogP contribution >= 0.6 is 23.2 Å².